The molecule has 0 radical (unpaired) electrons. The number of amides is 1. The first-order valence-corrected chi connectivity index (χ1v) is 10.7. The highest BCUT2D eigenvalue weighted by Crippen LogP contribution is 2.24. The van der Waals surface area contributed by atoms with E-state index < -0.39 is 0 Å². The van der Waals surface area contributed by atoms with E-state index in [9.17, 15) is 4.79 Å². The average Bonchev–Trinajstić information content (AvgIpc) is 3.30. The van der Waals surface area contributed by atoms with Crippen molar-refractivity contribution in [1.82, 2.24) is 24.6 Å². The fraction of sp³-hybridized carbons (Fsp3) is 0.261. The van der Waals surface area contributed by atoms with Gasteiger partial charge in [0.05, 0.1) is 17.9 Å². The largest absolute Gasteiger partial charge is 0.323 e. The minimum atomic E-state index is -0.0685. The molecule has 1 aliphatic heterocycles. The highest BCUT2D eigenvalue weighted by molar-refractivity contribution is 6.31. The second kappa shape index (κ2) is 10.3. The van der Waals surface area contributed by atoms with E-state index in [-0.39, 0.29) is 5.91 Å². The van der Waals surface area contributed by atoms with Crippen molar-refractivity contribution in [3.05, 3.63) is 77.8 Å². The Kier molecular flexibility index (Phi) is 7.09. The molecular weight excluding hydrogens is 412 g/mol. The third kappa shape index (κ3) is 6.01. The molecule has 4 rings (SSSR count). The summed E-state index contributed by atoms with van der Waals surface area (Å²) in [6.07, 6.45) is 7.39. The number of hydrogen-bond acceptors (Lipinski definition) is 5. The van der Waals surface area contributed by atoms with E-state index in [4.69, 9.17) is 11.6 Å². The van der Waals surface area contributed by atoms with Crippen LogP contribution in [0, 0.1) is 0 Å². The monoisotopic (exact) mass is 436 g/mol. The highest BCUT2D eigenvalue weighted by atomic mass is 35.5. The van der Waals surface area contributed by atoms with Crippen molar-refractivity contribution in [2.24, 2.45) is 0 Å². The summed E-state index contributed by atoms with van der Waals surface area (Å²) in [5.41, 5.74) is 2.56. The van der Waals surface area contributed by atoms with Crippen LogP contribution < -0.4 is 5.32 Å². The third-order valence-electron chi connectivity index (χ3n) is 5.20. The number of rotatable bonds is 7. The van der Waals surface area contributed by atoms with Crippen LogP contribution in [0.3, 0.4) is 0 Å². The Labute approximate surface area is 186 Å². The molecule has 1 saturated heterocycles. The topological polar surface area (TPSA) is 66.3 Å². The third-order valence-corrected chi connectivity index (χ3v) is 5.44. The lowest BCUT2D eigenvalue weighted by molar-refractivity contribution is -0.117. The van der Waals surface area contributed by atoms with Crippen LogP contribution in [0.1, 0.15) is 5.56 Å². The zero-order valence-corrected chi connectivity index (χ0v) is 17.9. The summed E-state index contributed by atoms with van der Waals surface area (Å²) in [6.45, 7) is 4.85. The summed E-state index contributed by atoms with van der Waals surface area (Å²) < 4.78 is 1.60. The van der Waals surface area contributed by atoms with Gasteiger partial charge >= 0.3 is 0 Å². The van der Waals surface area contributed by atoms with Crippen LogP contribution >= 0.6 is 11.6 Å². The summed E-state index contributed by atoms with van der Waals surface area (Å²) in [5, 5.41) is 7.67. The van der Waals surface area contributed by atoms with E-state index in [0.29, 0.717) is 17.3 Å². The first kappa shape index (κ1) is 21.2. The number of anilines is 1. The van der Waals surface area contributed by atoms with E-state index >= 15 is 0 Å². The van der Waals surface area contributed by atoms with Gasteiger partial charge in [0.1, 0.15) is 12.7 Å². The number of carbonyl (C=O) groups is 1. The van der Waals surface area contributed by atoms with Crippen molar-refractivity contribution in [3.8, 4) is 5.69 Å². The molecule has 0 atom stereocenters. The number of carbonyl (C=O) groups excluding carboxylic acids is 1. The van der Waals surface area contributed by atoms with Crippen LogP contribution in [-0.4, -0.2) is 69.7 Å². The predicted molar refractivity (Wildman–Crippen MR) is 123 cm³/mol. The number of nitrogens with one attached hydrogen (secondary N) is 1. The number of aromatic nitrogens is 3. The van der Waals surface area contributed by atoms with Crippen molar-refractivity contribution in [1.29, 1.82) is 0 Å². The van der Waals surface area contributed by atoms with Crippen LogP contribution in [0.2, 0.25) is 5.02 Å². The predicted octanol–water partition coefficient (Wildman–Crippen LogP) is 3.19. The molecule has 1 aromatic heterocycles. The van der Waals surface area contributed by atoms with Gasteiger partial charge in [0, 0.05) is 37.7 Å². The molecule has 0 unspecified atom stereocenters. The Bertz CT molecular complexity index is 1010. The molecule has 1 amide bonds. The second-order valence-electron chi connectivity index (χ2n) is 7.44. The summed E-state index contributed by atoms with van der Waals surface area (Å²) in [6, 6.07) is 15.6. The molecule has 1 aliphatic rings. The maximum atomic E-state index is 12.7. The Morgan fingerprint density at radius 3 is 2.58 bits per heavy atom. The molecule has 31 heavy (non-hydrogen) atoms. The molecule has 160 valence electrons. The number of benzene rings is 2. The van der Waals surface area contributed by atoms with Crippen molar-refractivity contribution in [2.45, 2.75) is 0 Å². The van der Waals surface area contributed by atoms with Gasteiger partial charge in [-0.05, 0) is 23.8 Å². The lowest BCUT2D eigenvalue weighted by Gasteiger charge is -2.33. The molecule has 7 nitrogen and oxygen atoms in total. The van der Waals surface area contributed by atoms with Gasteiger partial charge in [0.25, 0.3) is 0 Å². The fourth-order valence-electron chi connectivity index (χ4n) is 3.57. The molecule has 0 saturated carbocycles. The molecule has 1 fully saturated rings. The maximum absolute atomic E-state index is 12.7. The second-order valence-corrected chi connectivity index (χ2v) is 7.88. The van der Waals surface area contributed by atoms with Crippen molar-refractivity contribution >= 4 is 29.3 Å². The molecule has 3 aromatic rings. The van der Waals surface area contributed by atoms with Gasteiger partial charge in [-0.3, -0.25) is 14.6 Å². The minimum absolute atomic E-state index is 0.0685. The van der Waals surface area contributed by atoms with E-state index in [1.807, 2.05) is 24.3 Å². The lowest BCUT2D eigenvalue weighted by atomic mass is 10.2. The van der Waals surface area contributed by atoms with Crippen LogP contribution in [0.4, 0.5) is 5.69 Å². The summed E-state index contributed by atoms with van der Waals surface area (Å²) >= 11 is 6.13. The van der Waals surface area contributed by atoms with E-state index in [1.165, 1.54) is 11.9 Å². The first-order chi connectivity index (χ1) is 15.2. The van der Waals surface area contributed by atoms with Crippen molar-refractivity contribution in [2.75, 3.05) is 44.6 Å². The molecular formula is C23H25ClN6O. The normalized spacial score (nSPS) is 15.4. The standard InChI is InChI=1S/C23H25ClN6O/c24-20-8-9-22(30-18-25-17-26-30)21(15-20)27-23(31)16-29-13-11-28(12-14-29)10-4-7-19-5-2-1-3-6-19/h1-9,15,17-18H,10-14,16H2,(H,27,31)/b7-4+. The smallest absolute Gasteiger partial charge is 0.238 e. The Morgan fingerprint density at radius 1 is 1.06 bits per heavy atom. The molecule has 0 spiro atoms. The van der Waals surface area contributed by atoms with Crippen molar-refractivity contribution < 1.29 is 4.79 Å². The summed E-state index contributed by atoms with van der Waals surface area (Å²) in [5.74, 6) is -0.0685. The average molecular weight is 437 g/mol. The van der Waals surface area contributed by atoms with Gasteiger partial charge in [-0.25, -0.2) is 9.67 Å². The summed E-state index contributed by atoms with van der Waals surface area (Å²) in [4.78, 5) is 21.2. The molecule has 1 N–H and O–H groups in total. The van der Waals surface area contributed by atoms with E-state index in [1.54, 1.807) is 23.1 Å². The van der Waals surface area contributed by atoms with Gasteiger partial charge in [-0.2, -0.15) is 5.10 Å². The van der Waals surface area contributed by atoms with Gasteiger partial charge in [0.15, 0.2) is 0 Å². The van der Waals surface area contributed by atoms with E-state index in [0.717, 1.165) is 38.4 Å². The molecule has 2 heterocycles. The van der Waals surface area contributed by atoms with Crippen LogP contribution in [-0.2, 0) is 4.79 Å². The van der Waals surface area contributed by atoms with Gasteiger partial charge in [-0.1, -0.05) is 54.1 Å². The number of halogens is 1. The van der Waals surface area contributed by atoms with Crippen molar-refractivity contribution in [3.63, 3.8) is 0 Å². The van der Waals surface area contributed by atoms with Crippen LogP contribution in [0.15, 0.2) is 67.3 Å². The molecule has 0 aliphatic carbocycles. The maximum Gasteiger partial charge on any atom is 0.238 e. The Hall–Kier alpha value is -3.00. The SMILES string of the molecule is O=C(CN1CCN(C/C=C/c2ccccc2)CC1)Nc1cc(Cl)ccc1-n1cncn1. The number of hydrogen-bond donors (Lipinski definition) is 1. The fourth-order valence-corrected chi connectivity index (χ4v) is 3.74. The highest BCUT2D eigenvalue weighted by Gasteiger charge is 2.19. The van der Waals surface area contributed by atoms with Gasteiger partial charge < -0.3 is 5.32 Å². The molecule has 8 heteroatoms. The van der Waals surface area contributed by atoms with Crippen LogP contribution in [0.25, 0.3) is 11.8 Å². The van der Waals surface area contributed by atoms with Gasteiger partial charge in [0.2, 0.25) is 5.91 Å². The molecule has 0 bridgehead atoms. The molecule has 2 aromatic carbocycles. The Balaban J connectivity index is 1.26. The van der Waals surface area contributed by atoms with E-state index in [2.05, 4.69) is 49.5 Å². The number of nitrogens with zero attached hydrogens (tertiary/aromatic N) is 5. The lowest BCUT2D eigenvalue weighted by Crippen LogP contribution is -2.48. The zero-order valence-electron chi connectivity index (χ0n) is 17.2. The van der Waals surface area contributed by atoms with Gasteiger partial charge in [-0.15, -0.1) is 0 Å². The minimum Gasteiger partial charge on any atom is -0.323 e. The number of piperazine rings is 1. The first-order valence-electron chi connectivity index (χ1n) is 10.3. The zero-order chi connectivity index (χ0) is 21.5. The summed E-state index contributed by atoms with van der Waals surface area (Å²) in [7, 11) is 0. The Morgan fingerprint density at radius 2 is 1.84 bits per heavy atom. The quantitative estimate of drug-likeness (QED) is 0.616. The van der Waals surface area contributed by atoms with Crippen LogP contribution in [0.5, 0.6) is 0 Å².